The highest BCUT2D eigenvalue weighted by molar-refractivity contribution is 7.19. The van der Waals surface area contributed by atoms with Gasteiger partial charge in [0.2, 0.25) is 0 Å². The Labute approximate surface area is 275 Å². The van der Waals surface area contributed by atoms with Crippen molar-refractivity contribution < 1.29 is 4.42 Å². The third-order valence-electron chi connectivity index (χ3n) is 9.26. The summed E-state index contributed by atoms with van der Waals surface area (Å²) in [5, 5.41) is 5.73. The summed E-state index contributed by atoms with van der Waals surface area (Å²) in [6.07, 6.45) is 0. The molecule has 0 spiro atoms. The van der Waals surface area contributed by atoms with Crippen LogP contribution in [-0.2, 0) is 0 Å². The maximum absolute atomic E-state index is 6.33. The van der Waals surface area contributed by atoms with Crippen molar-refractivity contribution in [2.45, 2.75) is 0 Å². The molecule has 0 N–H and O–H groups in total. The summed E-state index contributed by atoms with van der Waals surface area (Å²) in [6.45, 7) is 0. The highest BCUT2D eigenvalue weighted by Gasteiger charge is 2.29. The van der Waals surface area contributed by atoms with Crippen molar-refractivity contribution >= 4 is 61.1 Å². The summed E-state index contributed by atoms with van der Waals surface area (Å²) in [7, 11) is 0. The van der Waals surface area contributed by atoms with Crippen LogP contribution in [0.4, 0.5) is 17.1 Å². The van der Waals surface area contributed by atoms with Crippen LogP contribution in [0.15, 0.2) is 162 Å². The van der Waals surface area contributed by atoms with Gasteiger partial charge in [-0.05, 0) is 47.5 Å². The van der Waals surface area contributed by atoms with Gasteiger partial charge in [-0.25, -0.2) is 4.98 Å². The van der Waals surface area contributed by atoms with Crippen molar-refractivity contribution in [2.75, 3.05) is 4.90 Å². The Morgan fingerprint density at radius 1 is 0.468 bits per heavy atom. The SMILES string of the molecule is c1ccc(-c2ccc(-c3nc4c(s3)-c3cccc5c(N(c6ccccc6)c6cccc7oc8ccccc8c67)ccc-4c35)cc2)cc1. The molecule has 0 atom stereocenters. The summed E-state index contributed by atoms with van der Waals surface area (Å²) in [5.74, 6) is 0. The molecule has 2 heterocycles. The van der Waals surface area contributed by atoms with Crippen molar-refractivity contribution in [3.8, 4) is 43.4 Å². The van der Waals surface area contributed by atoms with E-state index in [2.05, 4.69) is 150 Å². The van der Waals surface area contributed by atoms with E-state index in [0.29, 0.717) is 0 Å². The van der Waals surface area contributed by atoms with Gasteiger partial charge in [-0.1, -0.05) is 121 Å². The quantitative estimate of drug-likeness (QED) is 0.192. The van der Waals surface area contributed by atoms with Crippen molar-refractivity contribution in [3.63, 3.8) is 0 Å². The van der Waals surface area contributed by atoms with E-state index >= 15 is 0 Å². The lowest BCUT2D eigenvalue weighted by Gasteiger charge is -2.28. The fourth-order valence-electron chi connectivity index (χ4n) is 7.14. The van der Waals surface area contributed by atoms with Gasteiger partial charge < -0.3 is 9.32 Å². The largest absolute Gasteiger partial charge is 0.456 e. The van der Waals surface area contributed by atoms with Crippen LogP contribution in [0, 0.1) is 0 Å². The van der Waals surface area contributed by atoms with Gasteiger partial charge in [-0.3, -0.25) is 0 Å². The van der Waals surface area contributed by atoms with E-state index in [0.717, 1.165) is 55.3 Å². The molecule has 9 aromatic rings. The number of aromatic nitrogens is 1. The molecule has 4 heteroatoms. The Morgan fingerprint density at radius 2 is 1.15 bits per heavy atom. The summed E-state index contributed by atoms with van der Waals surface area (Å²) < 4.78 is 6.33. The molecule has 1 aliphatic rings. The molecule has 0 fully saturated rings. The van der Waals surface area contributed by atoms with Crippen LogP contribution < -0.4 is 4.90 Å². The van der Waals surface area contributed by atoms with Crippen LogP contribution in [0.2, 0.25) is 0 Å². The van der Waals surface area contributed by atoms with Crippen molar-refractivity contribution in [1.82, 2.24) is 4.98 Å². The Hall–Kier alpha value is -5.97. The first kappa shape index (κ1) is 26.3. The predicted molar refractivity (Wildman–Crippen MR) is 197 cm³/mol. The van der Waals surface area contributed by atoms with Gasteiger partial charge in [0, 0.05) is 38.5 Å². The van der Waals surface area contributed by atoms with Crippen LogP contribution in [0.5, 0.6) is 0 Å². The lowest BCUT2D eigenvalue weighted by atomic mass is 10.0. The van der Waals surface area contributed by atoms with Crippen LogP contribution in [0.25, 0.3) is 76.1 Å². The van der Waals surface area contributed by atoms with E-state index in [1.165, 1.54) is 37.9 Å². The molecular formula is C43H26N2OS. The van der Waals surface area contributed by atoms with Gasteiger partial charge in [0.05, 0.1) is 27.3 Å². The first-order valence-corrected chi connectivity index (χ1v) is 16.6. The van der Waals surface area contributed by atoms with Gasteiger partial charge in [-0.2, -0.15) is 0 Å². The average molecular weight is 619 g/mol. The Morgan fingerprint density at radius 3 is 2.00 bits per heavy atom. The van der Waals surface area contributed by atoms with Crippen molar-refractivity contribution in [1.29, 1.82) is 0 Å². The number of furan rings is 1. The number of hydrogen-bond acceptors (Lipinski definition) is 4. The van der Waals surface area contributed by atoms with Crippen molar-refractivity contribution in [3.05, 3.63) is 158 Å². The molecule has 0 amide bonds. The second kappa shape index (κ2) is 10.3. The maximum Gasteiger partial charge on any atom is 0.137 e. The number of hydrogen-bond donors (Lipinski definition) is 0. The standard InChI is InChI=1S/C43H26N2OS/c1-3-11-27(12-4-1)28-21-23-29(24-22-28)43-44-41-33-25-26-35(31-16-9-17-34(39(31)33)42(41)47-43)45(30-13-5-2-6-14-30)36-18-10-20-38-40(36)32-15-7-8-19-37(32)46-38/h1-26H. The summed E-state index contributed by atoms with van der Waals surface area (Å²) in [6, 6.07) is 55.8. The highest BCUT2D eigenvalue weighted by Crippen LogP contribution is 2.54. The summed E-state index contributed by atoms with van der Waals surface area (Å²) >= 11 is 1.78. The minimum absolute atomic E-state index is 0.881. The number of rotatable bonds is 5. The van der Waals surface area contributed by atoms with E-state index in [9.17, 15) is 0 Å². The van der Waals surface area contributed by atoms with Gasteiger partial charge in [0.1, 0.15) is 16.2 Å². The molecule has 10 rings (SSSR count). The van der Waals surface area contributed by atoms with E-state index < -0.39 is 0 Å². The molecule has 47 heavy (non-hydrogen) atoms. The average Bonchev–Trinajstić information content (AvgIpc) is 3.83. The maximum atomic E-state index is 6.33. The van der Waals surface area contributed by atoms with Crippen LogP contribution in [0.3, 0.4) is 0 Å². The van der Waals surface area contributed by atoms with Crippen LogP contribution in [0.1, 0.15) is 0 Å². The molecule has 0 bridgehead atoms. The first-order valence-electron chi connectivity index (χ1n) is 15.8. The molecule has 3 nitrogen and oxygen atoms in total. The minimum atomic E-state index is 0.881. The summed E-state index contributed by atoms with van der Waals surface area (Å²) in [5.41, 5.74) is 12.2. The third kappa shape index (κ3) is 4.02. The molecule has 0 saturated heterocycles. The van der Waals surface area contributed by atoms with Crippen LogP contribution >= 0.6 is 11.3 Å². The van der Waals surface area contributed by atoms with Gasteiger partial charge >= 0.3 is 0 Å². The molecule has 0 radical (unpaired) electrons. The number of thiazole rings is 1. The van der Waals surface area contributed by atoms with Crippen LogP contribution in [-0.4, -0.2) is 4.98 Å². The molecule has 0 saturated carbocycles. The van der Waals surface area contributed by atoms with E-state index in [1.807, 2.05) is 12.1 Å². The first-order chi connectivity index (χ1) is 23.3. The predicted octanol–water partition coefficient (Wildman–Crippen LogP) is 12.6. The molecule has 220 valence electrons. The smallest absolute Gasteiger partial charge is 0.137 e. The van der Waals surface area contributed by atoms with Gasteiger partial charge in [0.25, 0.3) is 0 Å². The second-order valence-corrected chi connectivity index (χ2v) is 12.9. The normalized spacial score (nSPS) is 11.8. The third-order valence-corrected chi connectivity index (χ3v) is 10.4. The number of nitrogens with zero attached hydrogens (tertiary/aromatic N) is 2. The minimum Gasteiger partial charge on any atom is -0.456 e. The number of para-hydroxylation sites is 2. The topological polar surface area (TPSA) is 29.3 Å². The number of benzene rings is 7. The second-order valence-electron chi connectivity index (χ2n) is 11.9. The molecule has 1 aliphatic carbocycles. The zero-order chi connectivity index (χ0) is 30.9. The zero-order valence-corrected chi connectivity index (χ0v) is 26.0. The molecular weight excluding hydrogens is 593 g/mol. The van der Waals surface area contributed by atoms with Crippen molar-refractivity contribution in [2.24, 2.45) is 0 Å². The molecule has 0 unspecified atom stereocenters. The fraction of sp³-hybridized carbons (Fsp3) is 0. The fourth-order valence-corrected chi connectivity index (χ4v) is 8.26. The zero-order valence-electron chi connectivity index (χ0n) is 25.2. The van der Waals surface area contributed by atoms with Gasteiger partial charge in [0.15, 0.2) is 0 Å². The molecule has 7 aromatic carbocycles. The van der Waals surface area contributed by atoms with Gasteiger partial charge in [-0.15, -0.1) is 11.3 Å². The number of fused-ring (bicyclic) bond motifs is 6. The Kier molecular flexibility index (Phi) is 5.74. The lowest BCUT2D eigenvalue weighted by Crippen LogP contribution is -2.10. The summed E-state index contributed by atoms with van der Waals surface area (Å²) in [4.78, 5) is 8.87. The molecule has 2 aromatic heterocycles. The highest BCUT2D eigenvalue weighted by atomic mass is 32.1. The van der Waals surface area contributed by atoms with E-state index in [1.54, 1.807) is 11.3 Å². The molecule has 0 aliphatic heterocycles. The Balaban J connectivity index is 1.13. The lowest BCUT2D eigenvalue weighted by molar-refractivity contribution is 0.669. The Bertz CT molecular complexity index is 2590. The van der Waals surface area contributed by atoms with E-state index in [-0.39, 0.29) is 0 Å². The number of anilines is 3. The van der Waals surface area contributed by atoms with E-state index in [4.69, 9.17) is 9.40 Å². The monoisotopic (exact) mass is 618 g/mol.